The Labute approximate surface area is 111 Å². The van der Waals surface area contributed by atoms with Gasteiger partial charge in [0.1, 0.15) is 5.04 Å². The first-order valence-electron chi connectivity index (χ1n) is 5.61. The van der Waals surface area contributed by atoms with E-state index in [0.717, 1.165) is 17.2 Å². The number of alkyl halides is 1. The third-order valence-electron chi connectivity index (χ3n) is 2.70. The van der Waals surface area contributed by atoms with Crippen molar-refractivity contribution in [3.63, 3.8) is 0 Å². The van der Waals surface area contributed by atoms with Crippen LogP contribution in [0.2, 0.25) is 0 Å². The van der Waals surface area contributed by atoms with Gasteiger partial charge < -0.3 is 4.84 Å². The van der Waals surface area contributed by atoms with Gasteiger partial charge in [0.15, 0.2) is 5.60 Å². The Morgan fingerprint density at radius 2 is 2.12 bits per heavy atom. The highest BCUT2D eigenvalue weighted by Gasteiger charge is 2.33. The minimum absolute atomic E-state index is 0.308. The molecule has 4 heteroatoms. The summed E-state index contributed by atoms with van der Waals surface area (Å²) in [6, 6.07) is 8.57. The molecule has 0 bridgehead atoms. The molecule has 0 aromatic heterocycles. The summed E-state index contributed by atoms with van der Waals surface area (Å²) in [4.78, 5) is 5.34. The maximum atomic E-state index is 5.84. The number of hydrogen-bond acceptors (Lipinski definition) is 3. The summed E-state index contributed by atoms with van der Waals surface area (Å²) in [5, 5.41) is 5.12. The van der Waals surface area contributed by atoms with Crippen LogP contribution in [0.4, 0.5) is 0 Å². The van der Waals surface area contributed by atoms with E-state index in [1.165, 1.54) is 11.1 Å². The highest BCUT2D eigenvalue weighted by molar-refractivity contribution is 8.13. The Hall–Kier alpha value is -0.670. The van der Waals surface area contributed by atoms with Gasteiger partial charge in [-0.05, 0) is 19.4 Å². The fourth-order valence-corrected chi connectivity index (χ4v) is 2.71. The molecule has 0 spiro atoms. The molecule has 0 saturated carbocycles. The number of nitrogens with zero attached hydrogens (tertiary/aromatic N) is 1. The molecule has 0 fully saturated rings. The van der Waals surface area contributed by atoms with E-state index in [1.54, 1.807) is 11.8 Å². The Balaban J connectivity index is 1.86. The van der Waals surface area contributed by atoms with E-state index in [1.807, 2.05) is 6.92 Å². The van der Waals surface area contributed by atoms with Crippen LogP contribution in [0.15, 0.2) is 29.4 Å². The smallest absolute Gasteiger partial charge is 0.154 e. The lowest BCUT2D eigenvalue weighted by atomic mass is 10.1. The van der Waals surface area contributed by atoms with Crippen molar-refractivity contribution in [1.29, 1.82) is 0 Å². The molecule has 0 aliphatic carbocycles. The fraction of sp³-hybridized carbons (Fsp3) is 0.462. The minimum atomic E-state index is -0.308. The van der Waals surface area contributed by atoms with Crippen molar-refractivity contribution in [3.8, 4) is 0 Å². The number of halogens is 1. The normalized spacial score (nSPS) is 23.4. The van der Waals surface area contributed by atoms with Crippen LogP contribution < -0.4 is 0 Å². The predicted molar refractivity (Wildman–Crippen MR) is 74.7 cm³/mol. The molecule has 2 rings (SSSR count). The zero-order valence-corrected chi connectivity index (χ0v) is 11.6. The minimum Gasteiger partial charge on any atom is -0.387 e. The summed E-state index contributed by atoms with van der Waals surface area (Å²) in [5.41, 5.74) is 2.29. The van der Waals surface area contributed by atoms with Gasteiger partial charge in [-0.15, -0.1) is 23.4 Å². The Bertz CT molecular complexity index is 418. The number of rotatable bonds is 3. The first-order valence-corrected chi connectivity index (χ1v) is 7.13. The molecule has 2 nitrogen and oxygen atoms in total. The molecular weight excluding hydrogens is 254 g/mol. The van der Waals surface area contributed by atoms with Crippen molar-refractivity contribution in [1.82, 2.24) is 0 Å². The summed E-state index contributed by atoms with van der Waals surface area (Å²) in [6.45, 7) is 4.08. The van der Waals surface area contributed by atoms with Crippen molar-refractivity contribution in [3.05, 3.63) is 35.4 Å². The first kappa shape index (κ1) is 12.8. The molecule has 92 valence electrons. The molecule has 1 heterocycles. The Morgan fingerprint density at radius 3 is 2.71 bits per heavy atom. The van der Waals surface area contributed by atoms with Crippen LogP contribution >= 0.6 is 23.4 Å². The number of oxime groups is 1. The van der Waals surface area contributed by atoms with Crippen molar-refractivity contribution < 1.29 is 4.84 Å². The molecule has 0 saturated heterocycles. The van der Waals surface area contributed by atoms with Crippen LogP contribution in [-0.4, -0.2) is 16.5 Å². The van der Waals surface area contributed by atoms with E-state index < -0.39 is 0 Å². The van der Waals surface area contributed by atoms with Gasteiger partial charge in [-0.25, -0.2) is 0 Å². The maximum Gasteiger partial charge on any atom is 0.154 e. The standard InChI is InChI=1S/C13H16ClNOS/c1-10-3-5-11(6-4-10)8-17-12-7-13(2,9-14)16-15-12/h3-6H,7-9H2,1-2H3. The monoisotopic (exact) mass is 269 g/mol. The molecule has 1 atom stereocenters. The second-order valence-corrected chi connectivity index (χ2v) is 5.93. The zero-order valence-electron chi connectivity index (χ0n) is 10.1. The number of benzene rings is 1. The summed E-state index contributed by atoms with van der Waals surface area (Å²) >= 11 is 7.57. The number of thioether (sulfide) groups is 1. The molecule has 1 aliphatic rings. The third kappa shape index (κ3) is 3.39. The van der Waals surface area contributed by atoms with Gasteiger partial charge in [-0.2, -0.15) is 0 Å². The quantitative estimate of drug-likeness (QED) is 0.775. The molecule has 1 aromatic rings. The van der Waals surface area contributed by atoms with Gasteiger partial charge in [-0.1, -0.05) is 35.0 Å². The molecule has 17 heavy (non-hydrogen) atoms. The highest BCUT2D eigenvalue weighted by atomic mass is 35.5. The topological polar surface area (TPSA) is 21.6 Å². The molecular formula is C13H16ClNOS. The van der Waals surface area contributed by atoms with Crippen LogP contribution in [0.3, 0.4) is 0 Å². The van der Waals surface area contributed by atoms with Crippen molar-refractivity contribution in [2.24, 2.45) is 5.16 Å². The Kier molecular flexibility index (Phi) is 4.00. The summed E-state index contributed by atoms with van der Waals surface area (Å²) < 4.78 is 0. The third-order valence-corrected chi connectivity index (χ3v) is 4.30. The fourth-order valence-electron chi connectivity index (χ4n) is 1.55. The first-order chi connectivity index (χ1) is 8.11. The van der Waals surface area contributed by atoms with Crippen molar-refractivity contribution in [2.75, 3.05) is 5.88 Å². The van der Waals surface area contributed by atoms with Gasteiger partial charge in [0, 0.05) is 12.2 Å². The molecule has 0 radical (unpaired) electrons. The number of hydrogen-bond donors (Lipinski definition) is 0. The van der Waals surface area contributed by atoms with Crippen LogP contribution in [0.25, 0.3) is 0 Å². The SMILES string of the molecule is Cc1ccc(CSC2=NOC(C)(CCl)C2)cc1. The predicted octanol–water partition coefficient (Wildman–Crippen LogP) is 3.96. The largest absolute Gasteiger partial charge is 0.387 e. The van der Waals surface area contributed by atoms with Crippen molar-refractivity contribution in [2.45, 2.75) is 31.6 Å². The second kappa shape index (κ2) is 5.32. The van der Waals surface area contributed by atoms with Gasteiger partial charge in [-0.3, -0.25) is 0 Å². The highest BCUT2D eigenvalue weighted by Crippen LogP contribution is 2.30. The summed E-state index contributed by atoms with van der Waals surface area (Å²) in [7, 11) is 0. The average Bonchev–Trinajstić information content (AvgIpc) is 2.72. The maximum absolute atomic E-state index is 5.84. The lowest BCUT2D eigenvalue weighted by Gasteiger charge is -2.16. The lowest BCUT2D eigenvalue weighted by Crippen LogP contribution is -2.26. The van der Waals surface area contributed by atoms with E-state index in [9.17, 15) is 0 Å². The van der Waals surface area contributed by atoms with E-state index >= 15 is 0 Å². The van der Waals surface area contributed by atoms with E-state index in [4.69, 9.17) is 16.4 Å². The van der Waals surface area contributed by atoms with Gasteiger partial charge in [0.25, 0.3) is 0 Å². The molecule has 0 amide bonds. The summed E-state index contributed by atoms with van der Waals surface area (Å²) in [5.74, 6) is 1.41. The van der Waals surface area contributed by atoms with Crippen LogP contribution in [-0.2, 0) is 10.6 Å². The van der Waals surface area contributed by atoms with Crippen molar-refractivity contribution >= 4 is 28.4 Å². The molecule has 1 aromatic carbocycles. The Morgan fingerprint density at radius 1 is 1.41 bits per heavy atom. The van der Waals surface area contributed by atoms with E-state index in [-0.39, 0.29) is 5.60 Å². The van der Waals surface area contributed by atoms with Crippen LogP contribution in [0, 0.1) is 6.92 Å². The lowest BCUT2D eigenvalue weighted by molar-refractivity contribution is 0.0152. The van der Waals surface area contributed by atoms with Crippen LogP contribution in [0.5, 0.6) is 0 Å². The zero-order chi connectivity index (χ0) is 12.3. The molecule has 0 N–H and O–H groups in total. The van der Waals surface area contributed by atoms with Crippen LogP contribution in [0.1, 0.15) is 24.5 Å². The molecule has 1 unspecified atom stereocenters. The molecule has 1 aliphatic heterocycles. The van der Waals surface area contributed by atoms with Gasteiger partial charge in [0.2, 0.25) is 0 Å². The number of aryl methyl sites for hydroxylation is 1. The van der Waals surface area contributed by atoms with Gasteiger partial charge >= 0.3 is 0 Å². The summed E-state index contributed by atoms with van der Waals surface area (Å²) in [6.07, 6.45) is 0.813. The average molecular weight is 270 g/mol. The van der Waals surface area contributed by atoms with Gasteiger partial charge in [0.05, 0.1) is 5.88 Å². The van der Waals surface area contributed by atoms with E-state index in [0.29, 0.717) is 5.88 Å². The van der Waals surface area contributed by atoms with E-state index in [2.05, 4.69) is 36.3 Å². The second-order valence-electron chi connectivity index (χ2n) is 4.61.